The van der Waals surface area contributed by atoms with E-state index in [1.165, 1.54) is 44.1 Å². The Morgan fingerprint density at radius 1 is 1.20 bits per heavy atom. The highest BCUT2D eigenvalue weighted by molar-refractivity contribution is 5.72. The van der Waals surface area contributed by atoms with E-state index in [2.05, 4.69) is 18.9 Å². The number of hydrogen-bond acceptors (Lipinski definition) is 2. The van der Waals surface area contributed by atoms with Crippen molar-refractivity contribution in [3.05, 3.63) is 0 Å². The second kappa shape index (κ2) is 7.69. The van der Waals surface area contributed by atoms with Crippen LogP contribution in [0.4, 0.5) is 0 Å². The molecule has 1 aliphatic carbocycles. The summed E-state index contributed by atoms with van der Waals surface area (Å²) in [6.07, 6.45) is 5.78. The molecule has 0 aromatic rings. The van der Waals surface area contributed by atoms with Gasteiger partial charge in [0.15, 0.2) is 0 Å². The molecule has 0 bridgehead atoms. The van der Waals surface area contributed by atoms with E-state index < -0.39 is 0 Å². The van der Waals surface area contributed by atoms with Gasteiger partial charge in [0.2, 0.25) is 5.91 Å². The van der Waals surface area contributed by atoms with Crippen LogP contribution in [0, 0.1) is 0 Å². The van der Waals surface area contributed by atoms with Crippen molar-refractivity contribution in [1.82, 2.24) is 9.80 Å². The molecule has 15 heavy (non-hydrogen) atoms. The molecule has 1 saturated carbocycles. The van der Waals surface area contributed by atoms with E-state index >= 15 is 0 Å². The minimum atomic E-state index is 0.0926. The molecule has 0 unspecified atom stereocenters. The summed E-state index contributed by atoms with van der Waals surface area (Å²) in [6.45, 7) is 4.98. The lowest BCUT2D eigenvalue weighted by Crippen LogP contribution is -2.28. The Labute approximate surface area is 94.4 Å². The van der Waals surface area contributed by atoms with Gasteiger partial charge < -0.3 is 9.80 Å². The first kappa shape index (κ1) is 14.4. The van der Waals surface area contributed by atoms with Gasteiger partial charge in [0.05, 0.1) is 0 Å². The van der Waals surface area contributed by atoms with Gasteiger partial charge in [0.25, 0.3) is 0 Å². The molecule has 0 heterocycles. The average molecular weight is 214 g/mol. The Balaban J connectivity index is 0.000000288. The zero-order chi connectivity index (χ0) is 11.8. The molecule has 0 atom stereocenters. The first-order chi connectivity index (χ1) is 6.99. The number of nitrogens with zero attached hydrogens (tertiary/aromatic N) is 2. The standard InChI is InChI=1S/C8H17N.C4H9NO/c1-3-9(2)8-6-4-5-7-8;1-4(6)5(2)3/h8H,3-7H2,1-2H3;1-3H3. The van der Waals surface area contributed by atoms with Crippen LogP contribution in [0.1, 0.15) is 39.5 Å². The Kier molecular flexibility index (Phi) is 7.39. The van der Waals surface area contributed by atoms with Gasteiger partial charge in [0.1, 0.15) is 0 Å². The molecule has 0 N–H and O–H groups in total. The zero-order valence-electron chi connectivity index (χ0n) is 10.9. The Morgan fingerprint density at radius 3 is 1.87 bits per heavy atom. The molecule has 90 valence electrons. The molecule has 0 radical (unpaired) electrons. The number of amides is 1. The second-order valence-electron chi connectivity index (χ2n) is 4.42. The van der Waals surface area contributed by atoms with Crippen molar-refractivity contribution in [2.45, 2.75) is 45.6 Å². The van der Waals surface area contributed by atoms with Gasteiger partial charge in [-0.2, -0.15) is 0 Å². The molecule has 1 fully saturated rings. The molecule has 1 amide bonds. The molecular formula is C12H26N2O. The maximum Gasteiger partial charge on any atom is 0.218 e. The van der Waals surface area contributed by atoms with Gasteiger partial charge in [-0.15, -0.1) is 0 Å². The van der Waals surface area contributed by atoms with Crippen molar-refractivity contribution in [3.8, 4) is 0 Å². The van der Waals surface area contributed by atoms with Gasteiger partial charge >= 0.3 is 0 Å². The minimum Gasteiger partial charge on any atom is -0.349 e. The van der Waals surface area contributed by atoms with Crippen molar-refractivity contribution in [3.63, 3.8) is 0 Å². The van der Waals surface area contributed by atoms with E-state index in [0.717, 1.165) is 6.04 Å². The zero-order valence-corrected chi connectivity index (χ0v) is 10.9. The molecule has 0 aromatic heterocycles. The normalized spacial score (nSPS) is 16.1. The Hall–Kier alpha value is -0.570. The summed E-state index contributed by atoms with van der Waals surface area (Å²) >= 11 is 0. The molecule has 0 aliphatic heterocycles. The van der Waals surface area contributed by atoms with Crippen molar-refractivity contribution in [2.75, 3.05) is 27.7 Å². The van der Waals surface area contributed by atoms with Gasteiger partial charge in [-0.1, -0.05) is 19.8 Å². The number of carbonyl (C=O) groups is 1. The van der Waals surface area contributed by atoms with Crippen LogP contribution >= 0.6 is 0 Å². The monoisotopic (exact) mass is 214 g/mol. The molecule has 3 nitrogen and oxygen atoms in total. The fourth-order valence-electron chi connectivity index (χ4n) is 1.60. The second-order valence-corrected chi connectivity index (χ2v) is 4.42. The van der Waals surface area contributed by atoms with Gasteiger partial charge in [-0.05, 0) is 26.4 Å². The molecule has 1 aliphatic rings. The summed E-state index contributed by atoms with van der Waals surface area (Å²) in [5.74, 6) is 0.0926. The molecule has 0 saturated heterocycles. The van der Waals surface area contributed by atoms with E-state index in [4.69, 9.17) is 0 Å². The highest BCUT2D eigenvalue weighted by atomic mass is 16.2. The van der Waals surface area contributed by atoms with Crippen LogP contribution in [0.3, 0.4) is 0 Å². The van der Waals surface area contributed by atoms with E-state index in [1.54, 1.807) is 14.1 Å². The van der Waals surface area contributed by atoms with E-state index in [-0.39, 0.29) is 5.91 Å². The van der Waals surface area contributed by atoms with Crippen LogP contribution in [0.2, 0.25) is 0 Å². The maximum absolute atomic E-state index is 10.1. The Morgan fingerprint density at radius 2 is 1.60 bits per heavy atom. The average Bonchev–Trinajstić information content (AvgIpc) is 2.70. The predicted octanol–water partition coefficient (Wildman–Crippen LogP) is 1.98. The van der Waals surface area contributed by atoms with Gasteiger partial charge in [0, 0.05) is 27.1 Å². The lowest BCUT2D eigenvalue weighted by Gasteiger charge is -2.21. The van der Waals surface area contributed by atoms with Crippen molar-refractivity contribution < 1.29 is 4.79 Å². The van der Waals surface area contributed by atoms with Crippen LogP contribution in [0.5, 0.6) is 0 Å². The summed E-state index contributed by atoms with van der Waals surface area (Å²) in [7, 11) is 5.68. The number of carbonyl (C=O) groups excluding carboxylic acids is 1. The van der Waals surface area contributed by atoms with Crippen molar-refractivity contribution >= 4 is 5.91 Å². The summed E-state index contributed by atoms with van der Waals surface area (Å²) in [4.78, 5) is 14.1. The van der Waals surface area contributed by atoms with Crippen LogP contribution in [0.25, 0.3) is 0 Å². The summed E-state index contributed by atoms with van der Waals surface area (Å²) < 4.78 is 0. The van der Waals surface area contributed by atoms with E-state index in [0.29, 0.717) is 0 Å². The van der Waals surface area contributed by atoms with E-state index in [1.807, 2.05) is 0 Å². The molecule has 0 aromatic carbocycles. The summed E-state index contributed by atoms with van der Waals surface area (Å²) in [6, 6.07) is 0.912. The third-order valence-electron chi connectivity index (χ3n) is 3.08. The Bertz CT molecular complexity index is 174. The number of hydrogen-bond donors (Lipinski definition) is 0. The fourth-order valence-corrected chi connectivity index (χ4v) is 1.60. The van der Waals surface area contributed by atoms with Crippen LogP contribution in [-0.2, 0) is 4.79 Å². The van der Waals surface area contributed by atoms with Crippen molar-refractivity contribution in [1.29, 1.82) is 0 Å². The van der Waals surface area contributed by atoms with Gasteiger partial charge in [-0.25, -0.2) is 0 Å². The number of rotatable bonds is 2. The lowest BCUT2D eigenvalue weighted by molar-refractivity contribution is -0.126. The van der Waals surface area contributed by atoms with Crippen LogP contribution in [-0.4, -0.2) is 49.4 Å². The SMILES string of the molecule is CC(=O)N(C)C.CCN(C)C1CCCC1. The first-order valence-corrected chi connectivity index (χ1v) is 5.87. The maximum atomic E-state index is 10.1. The topological polar surface area (TPSA) is 23.6 Å². The summed E-state index contributed by atoms with van der Waals surface area (Å²) in [5.41, 5.74) is 0. The summed E-state index contributed by atoms with van der Waals surface area (Å²) in [5, 5.41) is 0. The molecular weight excluding hydrogens is 188 g/mol. The highest BCUT2D eigenvalue weighted by Crippen LogP contribution is 2.21. The molecule has 3 heteroatoms. The lowest BCUT2D eigenvalue weighted by atomic mass is 10.2. The van der Waals surface area contributed by atoms with Crippen LogP contribution in [0.15, 0.2) is 0 Å². The molecule has 1 rings (SSSR count). The molecule has 0 spiro atoms. The predicted molar refractivity (Wildman–Crippen MR) is 64.9 cm³/mol. The van der Waals surface area contributed by atoms with E-state index in [9.17, 15) is 4.79 Å². The van der Waals surface area contributed by atoms with Crippen molar-refractivity contribution in [2.24, 2.45) is 0 Å². The van der Waals surface area contributed by atoms with Crippen LogP contribution < -0.4 is 0 Å². The minimum absolute atomic E-state index is 0.0926. The van der Waals surface area contributed by atoms with Gasteiger partial charge in [-0.3, -0.25) is 4.79 Å². The fraction of sp³-hybridized carbons (Fsp3) is 0.917. The smallest absolute Gasteiger partial charge is 0.218 e. The first-order valence-electron chi connectivity index (χ1n) is 5.87. The third-order valence-corrected chi connectivity index (χ3v) is 3.08. The highest BCUT2D eigenvalue weighted by Gasteiger charge is 2.17. The largest absolute Gasteiger partial charge is 0.349 e. The third kappa shape index (κ3) is 6.50. The quantitative estimate of drug-likeness (QED) is 0.701.